The maximum Gasteiger partial charge on any atom is 0.341 e. The van der Waals surface area contributed by atoms with Crippen LogP contribution in [0.3, 0.4) is 0 Å². The van der Waals surface area contributed by atoms with Crippen molar-refractivity contribution in [1.29, 1.82) is 0 Å². The minimum Gasteiger partial charge on any atom is -0.477 e. The number of pyridine rings is 1. The number of anilines is 1. The Morgan fingerprint density at radius 3 is 2.36 bits per heavy atom. The average Bonchev–Trinajstić information content (AvgIpc) is 3.38. The molecule has 4 aromatic rings. The third-order valence-corrected chi connectivity index (χ3v) is 7.03. The Bertz CT molecular complexity index is 1680. The monoisotopic (exact) mass is 537 g/mol. The number of fused-ring (bicyclic) bond motifs is 2. The van der Waals surface area contributed by atoms with Gasteiger partial charge in [0.2, 0.25) is 12.2 Å². The van der Waals surface area contributed by atoms with Gasteiger partial charge in [0.1, 0.15) is 23.0 Å². The van der Waals surface area contributed by atoms with Crippen molar-refractivity contribution in [3.05, 3.63) is 93.5 Å². The van der Waals surface area contributed by atoms with Crippen molar-refractivity contribution in [3.63, 3.8) is 0 Å². The van der Waals surface area contributed by atoms with E-state index in [0.717, 1.165) is 34.5 Å². The third-order valence-electron chi connectivity index (χ3n) is 7.03. The average molecular weight is 537 g/mol. The standard InChI is InChI=1S/C28H22F3N3O5/c29-17-2-3-22(20(30)10-17)34-14-19(28(36)37)27(35)18-11-21(31)24(12-23(18)34)33-7-5-32(6-8-33)13-16-1-4-25-26(9-16)39-15-38-25/h1-4,9-12,14H,5-8,13,15H2,(H,36,37). The molecule has 2 aliphatic heterocycles. The Hall–Kier alpha value is -4.51. The number of aromatic carboxylic acids is 1. The van der Waals surface area contributed by atoms with Crippen molar-refractivity contribution >= 4 is 22.6 Å². The fourth-order valence-corrected chi connectivity index (χ4v) is 5.05. The number of ether oxygens (including phenoxy) is 2. The van der Waals surface area contributed by atoms with Gasteiger partial charge in [-0.25, -0.2) is 18.0 Å². The van der Waals surface area contributed by atoms with Gasteiger partial charge < -0.3 is 24.0 Å². The van der Waals surface area contributed by atoms with Gasteiger partial charge in [-0.3, -0.25) is 9.69 Å². The zero-order valence-electron chi connectivity index (χ0n) is 20.5. The number of halogens is 3. The lowest BCUT2D eigenvalue weighted by Crippen LogP contribution is -2.46. The predicted octanol–water partition coefficient (Wildman–Crippen LogP) is 4.16. The Labute approximate surface area is 220 Å². The molecular weight excluding hydrogens is 515 g/mol. The number of hydrogen-bond acceptors (Lipinski definition) is 6. The number of hydrogen-bond donors (Lipinski definition) is 1. The van der Waals surface area contributed by atoms with Gasteiger partial charge in [0, 0.05) is 50.4 Å². The van der Waals surface area contributed by atoms with Crippen molar-refractivity contribution < 1.29 is 32.5 Å². The van der Waals surface area contributed by atoms with E-state index in [2.05, 4.69) is 4.90 Å². The van der Waals surface area contributed by atoms with Gasteiger partial charge in [-0.2, -0.15) is 0 Å². The highest BCUT2D eigenvalue weighted by atomic mass is 19.1. The van der Waals surface area contributed by atoms with E-state index in [1.807, 2.05) is 23.1 Å². The van der Waals surface area contributed by atoms with Crippen LogP contribution in [0.5, 0.6) is 11.5 Å². The lowest BCUT2D eigenvalue weighted by atomic mass is 10.1. The summed E-state index contributed by atoms with van der Waals surface area (Å²) in [7, 11) is 0. The van der Waals surface area contributed by atoms with Gasteiger partial charge in [0.15, 0.2) is 11.5 Å². The van der Waals surface area contributed by atoms with E-state index in [1.54, 1.807) is 0 Å². The van der Waals surface area contributed by atoms with Gasteiger partial charge in [-0.15, -0.1) is 0 Å². The summed E-state index contributed by atoms with van der Waals surface area (Å²) in [5.74, 6) is -2.59. The lowest BCUT2D eigenvalue weighted by Gasteiger charge is -2.36. The van der Waals surface area contributed by atoms with Crippen molar-refractivity contribution in [1.82, 2.24) is 9.47 Å². The highest BCUT2D eigenvalue weighted by Gasteiger charge is 2.24. The number of piperazine rings is 1. The Balaban J connectivity index is 1.32. The minimum absolute atomic E-state index is 0.106. The van der Waals surface area contributed by atoms with Crippen LogP contribution in [0.4, 0.5) is 18.9 Å². The first-order valence-electron chi connectivity index (χ1n) is 12.2. The first-order chi connectivity index (χ1) is 18.8. The second-order valence-electron chi connectivity index (χ2n) is 9.41. The van der Waals surface area contributed by atoms with Gasteiger partial charge in [-0.1, -0.05) is 6.07 Å². The predicted molar refractivity (Wildman–Crippen MR) is 136 cm³/mol. The fourth-order valence-electron chi connectivity index (χ4n) is 5.05. The largest absolute Gasteiger partial charge is 0.477 e. The molecule has 8 nitrogen and oxygen atoms in total. The summed E-state index contributed by atoms with van der Waals surface area (Å²) in [5.41, 5.74) is -0.358. The number of benzene rings is 3. The van der Waals surface area contributed by atoms with E-state index in [-0.39, 0.29) is 29.1 Å². The quantitative estimate of drug-likeness (QED) is 0.410. The molecule has 0 aliphatic carbocycles. The zero-order chi connectivity index (χ0) is 27.3. The number of aromatic nitrogens is 1. The summed E-state index contributed by atoms with van der Waals surface area (Å²) in [4.78, 5) is 28.6. The molecule has 0 spiro atoms. The smallest absolute Gasteiger partial charge is 0.341 e. The highest BCUT2D eigenvalue weighted by Crippen LogP contribution is 2.33. The number of carboxylic acids is 1. The van der Waals surface area contributed by atoms with Crippen LogP contribution >= 0.6 is 0 Å². The van der Waals surface area contributed by atoms with Crippen LogP contribution in [-0.4, -0.2) is 53.5 Å². The summed E-state index contributed by atoms with van der Waals surface area (Å²) in [5, 5.41) is 9.31. The van der Waals surface area contributed by atoms with E-state index in [0.29, 0.717) is 50.3 Å². The van der Waals surface area contributed by atoms with Crippen molar-refractivity contribution in [2.75, 3.05) is 37.9 Å². The molecule has 2 aliphatic rings. The van der Waals surface area contributed by atoms with Crippen LogP contribution in [0.2, 0.25) is 0 Å². The van der Waals surface area contributed by atoms with Gasteiger partial charge in [0.25, 0.3) is 0 Å². The van der Waals surface area contributed by atoms with Crippen LogP contribution in [0.15, 0.2) is 59.5 Å². The summed E-state index contributed by atoms with van der Waals surface area (Å²) < 4.78 is 55.6. The van der Waals surface area contributed by atoms with E-state index in [1.165, 1.54) is 6.07 Å². The molecule has 200 valence electrons. The topological polar surface area (TPSA) is 84.2 Å². The van der Waals surface area contributed by atoms with Crippen LogP contribution in [-0.2, 0) is 6.54 Å². The molecule has 0 saturated carbocycles. The number of carboxylic acid groups (broad SMARTS) is 1. The molecule has 0 amide bonds. The van der Waals surface area contributed by atoms with Crippen LogP contribution in [0, 0.1) is 17.5 Å². The van der Waals surface area contributed by atoms with Gasteiger partial charge in [-0.05, 0) is 42.0 Å². The third kappa shape index (κ3) is 4.54. The van der Waals surface area contributed by atoms with Crippen LogP contribution < -0.4 is 19.8 Å². The normalized spacial score (nSPS) is 15.2. The van der Waals surface area contributed by atoms with Crippen molar-refractivity contribution in [3.8, 4) is 17.2 Å². The molecule has 1 aromatic heterocycles. The molecule has 0 atom stereocenters. The first-order valence-corrected chi connectivity index (χ1v) is 12.2. The van der Waals surface area contributed by atoms with Crippen LogP contribution in [0.1, 0.15) is 15.9 Å². The SMILES string of the molecule is O=C(O)c1cn(-c2ccc(F)cc2F)c2cc(N3CCN(Cc4ccc5c(c4)OCO5)CC3)c(F)cc2c1=O. The summed E-state index contributed by atoms with van der Waals surface area (Å²) in [6.45, 7) is 3.09. The number of rotatable bonds is 5. The zero-order valence-corrected chi connectivity index (χ0v) is 20.5. The van der Waals surface area contributed by atoms with Crippen LogP contribution in [0.25, 0.3) is 16.6 Å². The summed E-state index contributed by atoms with van der Waals surface area (Å²) in [6.07, 6.45) is 0.980. The molecule has 39 heavy (non-hydrogen) atoms. The first kappa shape index (κ1) is 24.8. The number of nitrogens with zero attached hydrogens (tertiary/aromatic N) is 3. The summed E-state index contributed by atoms with van der Waals surface area (Å²) in [6, 6.07) is 11.0. The molecule has 3 heterocycles. The Morgan fingerprint density at radius 2 is 1.62 bits per heavy atom. The van der Waals surface area contributed by atoms with E-state index < -0.39 is 34.4 Å². The highest BCUT2D eigenvalue weighted by molar-refractivity contribution is 5.94. The van der Waals surface area contributed by atoms with Crippen molar-refractivity contribution in [2.24, 2.45) is 0 Å². The Morgan fingerprint density at radius 1 is 0.872 bits per heavy atom. The maximum atomic E-state index is 15.4. The molecular formula is C28H22F3N3O5. The summed E-state index contributed by atoms with van der Waals surface area (Å²) >= 11 is 0. The molecule has 0 bridgehead atoms. The number of carbonyl (C=O) groups is 1. The molecule has 1 saturated heterocycles. The van der Waals surface area contributed by atoms with E-state index >= 15 is 4.39 Å². The second kappa shape index (κ2) is 9.66. The van der Waals surface area contributed by atoms with E-state index in [9.17, 15) is 23.5 Å². The van der Waals surface area contributed by atoms with E-state index in [4.69, 9.17) is 9.47 Å². The molecule has 6 rings (SSSR count). The second-order valence-corrected chi connectivity index (χ2v) is 9.41. The minimum atomic E-state index is -1.54. The Kier molecular flexibility index (Phi) is 6.15. The molecule has 11 heteroatoms. The lowest BCUT2D eigenvalue weighted by molar-refractivity contribution is 0.0695. The fraction of sp³-hybridized carbons (Fsp3) is 0.214. The molecule has 1 fully saturated rings. The molecule has 0 radical (unpaired) electrons. The molecule has 1 N–H and O–H groups in total. The van der Waals surface area contributed by atoms with Gasteiger partial charge >= 0.3 is 5.97 Å². The molecule has 3 aromatic carbocycles. The maximum absolute atomic E-state index is 15.4. The van der Waals surface area contributed by atoms with Gasteiger partial charge in [0.05, 0.1) is 16.9 Å². The molecule has 0 unspecified atom stereocenters. The van der Waals surface area contributed by atoms with Crippen molar-refractivity contribution in [2.45, 2.75) is 6.54 Å².